The van der Waals surface area contributed by atoms with Gasteiger partial charge in [-0.1, -0.05) is 0 Å². The molecule has 0 aliphatic carbocycles. The normalized spacial score (nSPS) is 13.7. The minimum absolute atomic E-state index is 0.393. The zero-order valence-electron chi connectivity index (χ0n) is 11.0. The molecule has 1 atom stereocenters. The predicted molar refractivity (Wildman–Crippen MR) is 68.2 cm³/mol. The maximum Gasteiger partial charge on any atom is 0.195 e. The van der Waals surface area contributed by atoms with Crippen molar-refractivity contribution in [3.8, 4) is 0 Å². The van der Waals surface area contributed by atoms with E-state index in [2.05, 4.69) is 10.3 Å². The SMILES string of the molecule is COCCNCCc1ncc(C(C)S(C)(=O)=O)o1. The summed E-state index contributed by atoms with van der Waals surface area (Å²) in [5.41, 5.74) is 0. The molecule has 0 radical (unpaired) electrons. The quantitative estimate of drug-likeness (QED) is 0.699. The first-order valence-corrected chi connectivity index (χ1v) is 7.73. The lowest BCUT2D eigenvalue weighted by molar-refractivity contribution is 0.199. The molecule has 1 heterocycles. The van der Waals surface area contributed by atoms with Crippen LogP contribution in [0.25, 0.3) is 0 Å². The van der Waals surface area contributed by atoms with Crippen LogP contribution < -0.4 is 5.32 Å². The van der Waals surface area contributed by atoms with Crippen LogP contribution in [0, 0.1) is 0 Å². The number of sulfone groups is 1. The number of methoxy groups -OCH3 is 1. The maximum absolute atomic E-state index is 11.4. The number of nitrogens with zero attached hydrogens (tertiary/aromatic N) is 1. The van der Waals surface area contributed by atoms with E-state index in [0.717, 1.165) is 13.1 Å². The van der Waals surface area contributed by atoms with Gasteiger partial charge in [0.15, 0.2) is 15.7 Å². The molecule has 104 valence electrons. The van der Waals surface area contributed by atoms with Gasteiger partial charge in [0.1, 0.15) is 11.0 Å². The van der Waals surface area contributed by atoms with E-state index in [9.17, 15) is 8.42 Å². The molecule has 18 heavy (non-hydrogen) atoms. The van der Waals surface area contributed by atoms with Gasteiger partial charge in [-0.15, -0.1) is 0 Å². The summed E-state index contributed by atoms with van der Waals surface area (Å²) >= 11 is 0. The summed E-state index contributed by atoms with van der Waals surface area (Å²) < 4.78 is 33.0. The van der Waals surface area contributed by atoms with Gasteiger partial charge in [0.05, 0.1) is 12.8 Å². The van der Waals surface area contributed by atoms with Gasteiger partial charge >= 0.3 is 0 Å². The lowest BCUT2D eigenvalue weighted by atomic mass is 10.4. The van der Waals surface area contributed by atoms with E-state index in [1.807, 2.05) is 0 Å². The van der Waals surface area contributed by atoms with Crippen molar-refractivity contribution in [2.75, 3.05) is 33.1 Å². The molecule has 0 bridgehead atoms. The van der Waals surface area contributed by atoms with Crippen molar-refractivity contribution >= 4 is 9.84 Å². The highest BCUT2D eigenvalue weighted by atomic mass is 32.2. The second-order valence-corrected chi connectivity index (χ2v) is 6.49. The molecule has 1 N–H and O–H groups in total. The molecule has 1 rings (SSSR count). The second-order valence-electron chi connectivity index (χ2n) is 4.12. The molecular weight excluding hydrogens is 256 g/mol. The molecule has 0 spiro atoms. The summed E-state index contributed by atoms with van der Waals surface area (Å²) in [6.45, 7) is 3.73. The number of oxazole rings is 1. The molecule has 0 aliphatic rings. The van der Waals surface area contributed by atoms with E-state index < -0.39 is 15.1 Å². The Morgan fingerprint density at radius 3 is 2.83 bits per heavy atom. The molecule has 1 unspecified atom stereocenters. The summed E-state index contributed by atoms with van der Waals surface area (Å²) in [5.74, 6) is 0.940. The van der Waals surface area contributed by atoms with Gasteiger partial charge in [-0.25, -0.2) is 13.4 Å². The van der Waals surface area contributed by atoms with Gasteiger partial charge in [-0.3, -0.25) is 0 Å². The molecule has 1 aromatic rings. The molecule has 7 heteroatoms. The van der Waals surface area contributed by atoms with Crippen molar-refractivity contribution in [1.82, 2.24) is 10.3 Å². The van der Waals surface area contributed by atoms with Crippen molar-refractivity contribution in [2.45, 2.75) is 18.6 Å². The zero-order chi connectivity index (χ0) is 13.6. The molecule has 1 aromatic heterocycles. The number of nitrogens with one attached hydrogen (secondary N) is 1. The van der Waals surface area contributed by atoms with E-state index in [1.54, 1.807) is 14.0 Å². The Labute approximate surface area is 108 Å². The molecule has 0 saturated carbocycles. The van der Waals surface area contributed by atoms with Crippen molar-refractivity contribution in [1.29, 1.82) is 0 Å². The minimum Gasteiger partial charge on any atom is -0.444 e. The second kappa shape index (κ2) is 6.86. The summed E-state index contributed by atoms with van der Waals surface area (Å²) in [6, 6.07) is 0. The summed E-state index contributed by atoms with van der Waals surface area (Å²) in [4.78, 5) is 4.07. The Kier molecular flexibility index (Phi) is 5.77. The van der Waals surface area contributed by atoms with Gasteiger partial charge in [-0.2, -0.15) is 0 Å². The van der Waals surface area contributed by atoms with Gasteiger partial charge in [-0.05, 0) is 6.92 Å². The Balaban J connectivity index is 2.44. The summed E-state index contributed by atoms with van der Waals surface area (Å²) in [5, 5.41) is 2.51. The minimum atomic E-state index is -3.14. The van der Waals surface area contributed by atoms with Crippen molar-refractivity contribution in [2.24, 2.45) is 0 Å². The van der Waals surface area contributed by atoms with E-state index in [0.29, 0.717) is 24.7 Å². The van der Waals surface area contributed by atoms with Crippen LogP contribution in [0.2, 0.25) is 0 Å². The lowest BCUT2D eigenvalue weighted by Crippen LogP contribution is -2.21. The summed E-state index contributed by atoms with van der Waals surface area (Å²) in [7, 11) is -1.49. The Morgan fingerprint density at radius 1 is 1.50 bits per heavy atom. The third kappa shape index (κ3) is 4.75. The monoisotopic (exact) mass is 276 g/mol. The fourth-order valence-corrected chi connectivity index (χ4v) is 1.86. The van der Waals surface area contributed by atoms with Crippen molar-refractivity contribution in [3.05, 3.63) is 17.8 Å². The van der Waals surface area contributed by atoms with Gasteiger partial charge in [0.25, 0.3) is 0 Å². The predicted octanol–water partition coefficient (Wildman–Crippen LogP) is 0.559. The molecule has 0 fully saturated rings. The number of rotatable bonds is 8. The fraction of sp³-hybridized carbons (Fsp3) is 0.727. The highest BCUT2D eigenvalue weighted by Crippen LogP contribution is 2.21. The zero-order valence-corrected chi connectivity index (χ0v) is 11.8. The van der Waals surface area contributed by atoms with Crippen molar-refractivity contribution in [3.63, 3.8) is 0 Å². The highest BCUT2D eigenvalue weighted by Gasteiger charge is 2.21. The Hall–Kier alpha value is -0.920. The highest BCUT2D eigenvalue weighted by molar-refractivity contribution is 7.90. The van der Waals surface area contributed by atoms with Crippen molar-refractivity contribution < 1.29 is 17.6 Å². The Morgan fingerprint density at radius 2 is 2.22 bits per heavy atom. The maximum atomic E-state index is 11.4. The first-order chi connectivity index (χ1) is 8.45. The van der Waals surface area contributed by atoms with Crippen LogP contribution in [-0.4, -0.2) is 46.5 Å². The number of ether oxygens (including phenoxy) is 1. The van der Waals surface area contributed by atoms with Gasteiger partial charge in [0.2, 0.25) is 0 Å². The van der Waals surface area contributed by atoms with E-state index in [4.69, 9.17) is 9.15 Å². The third-order valence-electron chi connectivity index (χ3n) is 2.61. The van der Waals surface area contributed by atoms with Gasteiger partial charge < -0.3 is 14.5 Å². The Bertz CT molecular complexity index is 455. The fourth-order valence-electron chi connectivity index (χ4n) is 1.33. The smallest absolute Gasteiger partial charge is 0.195 e. The largest absolute Gasteiger partial charge is 0.444 e. The van der Waals surface area contributed by atoms with Crippen LogP contribution in [-0.2, 0) is 21.0 Å². The molecule has 6 nitrogen and oxygen atoms in total. The van der Waals surface area contributed by atoms with E-state index in [1.165, 1.54) is 12.5 Å². The number of hydrogen-bond donors (Lipinski definition) is 1. The molecular formula is C11H20N2O4S. The van der Waals surface area contributed by atoms with Crippen LogP contribution in [0.3, 0.4) is 0 Å². The third-order valence-corrected chi connectivity index (χ3v) is 4.13. The standard InChI is InChI=1S/C11H20N2O4S/c1-9(18(3,14)15)10-8-13-11(17-10)4-5-12-6-7-16-2/h8-9,12H,4-7H2,1-3H3. The number of aromatic nitrogens is 1. The summed E-state index contributed by atoms with van der Waals surface area (Å²) in [6.07, 6.45) is 3.29. The van der Waals surface area contributed by atoms with Crippen LogP contribution in [0.1, 0.15) is 23.8 Å². The first kappa shape index (κ1) is 15.1. The lowest BCUT2D eigenvalue weighted by Gasteiger charge is -2.04. The topological polar surface area (TPSA) is 81.4 Å². The average molecular weight is 276 g/mol. The first-order valence-electron chi connectivity index (χ1n) is 5.78. The molecule has 0 aliphatic heterocycles. The van der Waals surface area contributed by atoms with E-state index in [-0.39, 0.29) is 0 Å². The van der Waals surface area contributed by atoms with Crippen LogP contribution in [0.4, 0.5) is 0 Å². The van der Waals surface area contributed by atoms with Gasteiger partial charge in [0, 0.05) is 32.9 Å². The molecule has 0 aromatic carbocycles. The van der Waals surface area contributed by atoms with Crippen LogP contribution in [0.15, 0.2) is 10.6 Å². The molecule has 0 amide bonds. The number of hydrogen-bond acceptors (Lipinski definition) is 6. The van der Waals surface area contributed by atoms with Crippen LogP contribution >= 0.6 is 0 Å². The molecule has 0 saturated heterocycles. The van der Waals surface area contributed by atoms with E-state index >= 15 is 0 Å². The van der Waals surface area contributed by atoms with Crippen LogP contribution in [0.5, 0.6) is 0 Å². The average Bonchev–Trinajstić information content (AvgIpc) is 2.75.